The highest BCUT2D eigenvalue weighted by molar-refractivity contribution is 5.84. The average Bonchev–Trinajstić information content (AvgIpc) is 2.53. The second-order valence-electron chi connectivity index (χ2n) is 5.59. The van der Waals surface area contributed by atoms with Crippen LogP contribution >= 0.6 is 0 Å². The number of hydrogen-bond donors (Lipinski definition) is 2. The summed E-state index contributed by atoms with van der Waals surface area (Å²) < 4.78 is 5.01. The summed E-state index contributed by atoms with van der Waals surface area (Å²) in [6.45, 7) is 6.34. The molecule has 1 saturated heterocycles. The second-order valence-corrected chi connectivity index (χ2v) is 5.59. The Morgan fingerprint density at radius 2 is 1.91 bits per heavy atom. The largest absolute Gasteiger partial charge is 0.450 e. The van der Waals surface area contributed by atoms with Gasteiger partial charge in [-0.15, -0.1) is 0 Å². The number of aliphatic imine (C=N–C) groups is 1. The third-order valence-corrected chi connectivity index (χ3v) is 3.58. The van der Waals surface area contributed by atoms with E-state index in [2.05, 4.69) is 15.6 Å². The SMILES string of the molecule is CCNC(=NCC(=O)N(C)C)NC1CCN(C(=O)OCC)CC1. The zero-order valence-electron chi connectivity index (χ0n) is 14.6. The molecule has 0 aromatic heterocycles. The summed E-state index contributed by atoms with van der Waals surface area (Å²) in [4.78, 5) is 30.9. The Balaban J connectivity index is 2.47. The van der Waals surface area contributed by atoms with Gasteiger partial charge in [0.25, 0.3) is 0 Å². The molecule has 0 aromatic carbocycles. The lowest BCUT2D eigenvalue weighted by Crippen LogP contribution is -2.50. The lowest BCUT2D eigenvalue weighted by Gasteiger charge is -2.32. The molecule has 132 valence electrons. The maximum atomic E-state index is 11.7. The number of likely N-dealkylation sites (tertiary alicyclic amines) is 1. The van der Waals surface area contributed by atoms with E-state index >= 15 is 0 Å². The summed E-state index contributed by atoms with van der Waals surface area (Å²) in [6.07, 6.45) is 1.40. The number of likely N-dealkylation sites (N-methyl/N-ethyl adjacent to an activating group) is 1. The summed E-state index contributed by atoms with van der Waals surface area (Å²) in [5.41, 5.74) is 0. The van der Waals surface area contributed by atoms with Crippen molar-refractivity contribution in [2.24, 2.45) is 4.99 Å². The molecule has 0 unspecified atom stereocenters. The van der Waals surface area contributed by atoms with Crippen LogP contribution in [0.2, 0.25) is 0 Å². The van der Waals surface area contributed by atoms with Gasteiger partial charge < -0.3 is 25.2 Å². The lowest BCUT2D eigenvalue weighted by molar-refractivity contribution is -0.127. The predicted octanol–water partition coefficient (Wildman–Crippen LogP) is 0.251. The minimum Gasteiger partial charge on any atom is -0.450 e. The first-order valence-corrected chi connectivity index (χ1v) is 8.14. The van der Waals surface area contributed by atoms with Gasteiger partial charge in [0.05, 0.1) is 6.61 Å². The fourth-order valence-electron chi connectivity index (χ4n) is 2.22. The monoisotopic (exact) mass is 327 g/mol. The molecule has 2 N–H and O–H groups in total. The molecule has 0 aromatic rings. The van der Waals surface area contributed by atoms with Gasteiger partial charge in [-0.1, -0.05) is 0 Å². The minimum absolute atomic E-state index is 0.0423. The van der Waals surface area contributed by atoms with Gasteiger partial charge in [-0.3, -0.25) is 4.79 Å². The first-order chi connectivity index (χ1) is 11.0. The fraction of sp³-hybridized carbons (Fsp3) is 0.800. The molecule has 23 heavy (non-hydrogen) atoms. The summed E-state index contributed by atoms with van der Waals surface area (Å²) >= 11 is 0. The third-order valence-electron chi connectivity index (χ3n) is 3.58. The molecule has 0 atom stereocenters. The Hall–Kier alpha value is -1.99. The highest BCUT2D eigenvalue weighted by Crippen LogP contribution is 2.11. The van der Waals surface area contributed by atoms with Gasteiger partial charge >= 0.3 is 6.09 Å². The van der Waals surface area contributed by atoms with E-state index in [9.17, 15) is 9.59 Å². The molecule has 1 aliphatic heterocycles. The van der Waals surface area contributed by atoms with Crippen LogP contribution in [-0.2, 0) is 9.53 Å². The van der Waals surface area contributed by atoms with E-state index in [-0.39, 0.29) is 24.6 Å². The van der Waals surface area contributed by atoms with Crippen LogP contribution in [0.25, 0.3) is 0 Å². The maximum Gasteiger partial charge on any atom is 0.409 e. The fourth-order valence-corrected chi connectivity index (χ4v) is 2.22. The Morgan fingerprint density at radius 1 is 1.26 bits per heavy atom. The number of guanidine groups is 1. The quantitative estimate of drug-likeness (QED) is 0.558. The van der Waals surface area contributed by atoms with Crippen molar-refractivity contribution >= 4 is 18.0 Å². The normalized spacial score (nSPS) is 16.0. The predicted molar refractivity (Wildman–Crippen MR) is 89.4 cm³/mol. The molecule has 1 rings (SSSR count). The molecule has 8 nitrogen and oxygen atoms in total. The zero-order chi connectivity index (χ0) is 17.2. The van der Waals surface area contributed by atoms with E-state index in [0.29, 0.717) is 25.7 Å². The summed E-state index contributed by atoms with van der Waals surface area (Å²) in [7, 11) is 3.42. The molecular weight excluding hydrogens is 298 g/mol. The number of amides is 2. The third kappa shape index (κ3) is 6.75. The molecule has 0 spiro atoms. The van der Waals surface area contributed by atoms with Crippen LogP contribution in [0, 0.1) is 0 Å². The van der Waals surface area contributed by atoms with Crippen LogP contribution in [0.3, 0.4) is 0 Å². The van der Waals surface area contributed by atoms with Crippen molar-refractivity contribution in [2.75, 3.05) is 46.9 Å². The molecule has 2 amide bonds. The molecule has 0 bridgehead atoms. The summed E-state index contributed by atoms with van der Waals surface area (Å²) in [6, 6.07) is 0.230. The zero-order valence-corrected chi connectivity index (χ0v) is 14.6. The van der Waals surface area contributed by atoms with Gasteiger partial charge in [0.2, 0.25) is 5.91 Å². The lowest BCUT2D eigenvalue weighted by atomic mass is 10.1. The second kappa shape index (κ2) is 9.91. The topological polar surface area (TPSA) is 86.3 Å². The van der Waals surface area contributed by atoms with E-state index in [1.807, 2.05) is 6.92 Å². The van der Waals surface area contributed by atoms with Crippen molar-refractivity contribution in [2.45, 2.75) is 32.7 Å². The summed E-state index contributed by atoms with van der Waals surface area (Å²) in [5.74, 6) is 0.594. The van der Waals surface area contributed by atoms with Crippen LogP contribution in [0.1, 0.15) is 26.7 Å². The Kier molecular flexibility index (Phi) is 8.21. The molecule has 8 heteroatoms. The molecular formula is C15H29N5O3. The number of nitrogens with one attached hydrogen (secondary N) is 2. The highest BCUT2D eigenvalue weighted by Gasteiger charge is 2.24. The van der Waals surface area contributed by atoms with E-state index in [1.165, 1.54) is 4.90 Å². The molecule has 0 aliphatic carbocycles. The number of carbonyl (C=O) groups excluding carboxylic acids is 2. The van der Waals surface area contributed by atoms with Gasteiger partial charge in [0.15, 0.2) is 5.96 Å². The number of rotatable bonds is 5. The maximum absolute atomic E-state index is 11.7. The molecule has 0 radical (unpaired) electrons. The Morgan fingerprint density at radius 3 is 2.43 bits per heavy atom. The van der Waals surface area contributed by atoms with Gasteiger partial charge in [-0.05, 0) is 26.7 Å². The van der Waals surface area contributed by atoms with Crippen molar-refractivity contribution in [3.05, 3.63) is 0 Å². The van der Waals surface area contributed by atoms with Crippen molar-refractivity contribution in [3.63, 3.8) is 0 Å². The van der Waals surface area contributed by atoms with Crippen LogP contribution in [0.5, 0.6) is 0 Å². The number of nitrogens with zero attached hydrogens (tertiary/aromatic N) is 3. The van der Waals surface area contributed by atoms with E-state index in [4.69, 9.17) is 4.74 Å². The molecule has 1 aliphatic rings. The number of carbonyl (C=O) groups is 2. The van der Waals surface area contributed by atoms with Gasteiger partial charge in [0, 0.05) is 39.8 Å². The van der Waals surface area contributed by atoms with E-state index in [0.717, 1.165) is 19.4 Å². The summed E-state index contributed by atoms with van der Waals surface area (Å²) in [5, 5.41) is 6.47. The van der Waals surface area contributed by atoms with Crippen molar-refractivity contribution in [3.8, 4) is 0 Å². The van der Waals surface area contributed by atoms with Crippen LogP contribution in [-0.4, -0.2) is 80.7 Å². The van der Waals surface area contributed by atoms with Gasteiger partial charge in [-0.25, -0.2) is 9.79 Å². The van der Waals surface area contributed by atoms with Crippen LogP contribution in [0.15, 0.2) is 4.99 Å². The van der Waals surface area contributed by atoms with Crippen LogP contribution < -0.4 is 10.6 Å². The van der Waals surface area contributed by atoms with Gasteiger partial charge in [-0.2, -0.15) is 0 Å². The van der Waals surface area contributed by atoms with Crippen LogP contribution in [0.4, 0.5) is 4.79 Å². The minimum atomic E-state index is -0.247. The number of ether oxygens (including phenoxy) is 1. The first-order valence-electron chi connectivity index (χ1n) is 8.14. The average molecular weight is 327 g/mol. The highest BCUT2D eigenvalue weighted by atomic mass is 16.6. The van der Waals surface area contributed by atoms with Crippen molar-refractivity contribution < 1.29 is 14.3 Å². The molecule has 1 heterocycles. The van der Waals surface area contributed by atoms with Crippen molar-refractivity contribution in [1.29, 1.82) is 0 Å². The smallest absolute Gasteiger partial charge is 0.409 e. The van der Waals surface area contributed by atoms with E-state index < -0.39 is 0 Å². The molecule has 0 saturated carbocycles. The first kappa shape index (κ1) is 19.1. The van der Waals surface area contributed by atoms with E-state index in [1.54, 1.807) is 25.9 Å². The number of hydrogen-bond acceptors (Lipinski definition) is 4. The number of piperidine rings is 1. The molecule has 1 fully saturated rings. The van der Waals surface area contributed by atoms with Gasteiger partial charge in [0.1, 0.15) is 6.54 Å². The van der Waals surface area contributed by atoms with Crippen molar-refractivity contribution in [1.82, 2.24) is 20.4 Å². The standard InChI is InChI=1S/C15H29N5O3/c1-5-16-14(17-11-13(21)19(3)4)18-12-7-9-20(10-8-12)15(22)23-6-2/h12H,5-11H2,1-4H3,(H2,16,17,18). The Bertz CT molecular complexity index is 417. The Labute approximate surface area is 138 Å².